The van der Waals surface area contributed by atoms with E-state index in [0.29, 0.717) is 6.54 Å². The minimum Gasteiger partial charge on any atom is -0.330 e. The largest absolute Gasteiger partial charge is 0.330 e. The summed E-state index contributed by atoms with van der Waals surface area (Å²) in [6, 6.07) is 6.42. The number of hydrogen-bond acceptors (Lipinski definition) is 1. The summed E-state index contributed by atoms with van der Waals surface area (Å²) in [5, 5.41) is 0. The summed E-state index contributed by atoms with van der Waals surface area (Å²) in [5.74, 6) is 0. The Kier molecular flexibility index (Phi) is 3.06. The van der Waals surface area contributed by atoms with Crippen LogP contribution in [0.15, 0.2) is 24.8 Å². The summed E-state index contributed by atoms with van der Waals surface area (Å²) >= 11 is 0. The lowest BCUT2D eigenvalue weighted by Crippen LogP contribution is -2.02. The molecule has 1 nitrogen and oxygen atoms in total. The molecule has 0 atom stereocenters. The summed E-state index contributed by atoms with van der Waals surface area (Å²) in [6.45, 7) is 6.54. The second-order valence-corrected chi connectivity index (χ2v) is 2.99. The van der Waals surface area contributed by atoms with Gasteiger partial charge in [0.2, 0.25) is 0 Å². The highest BCUT2D eigenvalue weighted by Gasteiger charge is 1.94. The van der Waals surface area contributed by atoms with Gasteiger partial charge < -0.3 is 5.73 Å². The van der Waals surface area contributed by atoms with Gasteiger partial charge in [0.05, 0.1) is 0 Å². The third-order valence-corrected chi connectivity index (χ3v) is 1.83. The Balaban J connectivity index is 2.97. The van der Waals surface area contributed by atoms with Gasteiger partial charge in [-0.15, -0.1) is 0 Å². The van der Waals surface area contributed by atoms with Crippen LogP contribution >= 0.6 is 0 Å². The maximum absolute atomic E-state index is 5.48. The van der Waals surface area contributed by atoms with Crippen molar-refractivity contribution in [2.45, 2.75) is 13.3 Å². The van der Waals surface area contributed by atoms with Crippen LogP contribution in [-0.4, -0.2) is 6.54 Å². The summed E-state index contributed by atoms with van der Waals surface area (Å²) in [6.07, 6.45) is 2.82. The van der Waals surface area contributed by atoms with Gasteiger partial charge in [0.15, 0.2) is 0 Å². The minimum atomic E-state index is 0.708. The Bertz CT molecular complexity index is 276. The quantitative estimate of drug-likeness (QED) is 0.722. The van der Waals surface area contributed by atoms with Gasteiger partial charge in [-0.25, -0.2) is 0 Å². The molecule has 0 saturated heterocycles. The molecule has 1 aromatic rings. The van der Waals surface area contributed by atoms with Gasteiger partial charge in [0.25, 0.3) is 0 Å². The standard InChI is InChI=1S/C11H15N/c1-3-10-6-9(2)7-11(8-10)4-5-12/h3,6-8H,1,4-5,12H2,2H3. The monoisotopic (exact) mass is 161 g/mol. The maximum Gasteiger partial charge on any atom is -0.00367 e. The van der Waals surface area contributed by atoms with Crippen LogP contribution < -0.4 is 5.73 Å². The van der Waals surface area contributed by atoms with Crippen LogP contribution in [0.25, 0.3) is 6.08 Å². The number of benzene rings is 1. The molecular weight excluding hydrogens is 146 g/mol. The van der Waals surface area contributed by atoms with E-state index in [-0.39, 0.29) is 0 Å². The Labute approximate surface area is 73.9 Å². The summed E-state index contributed by atoms with van der Waals surface area (Å²) in [5.41, 5.74) is 9.23. The topological polar surface area (TPSA) is 26.0 Å². The Morgan fingerprint density at radius 1 is 1.42 bits per heavy atom. The van der Waals surface area contributed by atoms with E-state index in [1.807, 2.05) is 6.08 Å². The van der Waals surface area contributed by atoms with E-state index in [4.69, 9.17) is 5.73 Å². The van der Waals surface area contributed by atoms with Gasteiger partial charge in [-0.2, -0.15) is 0 Å². The molecule has 0 spiro atoms. The molecule has 0 unspecified atom stereocenters. The summed E-state index contributed by atoms with van der Waals surface area (Å²) in [4.78, 5) is 0. The molecule has 0 fully saturated rings. The Morgan fingerprint density at radius 2 is 2.17 bits per heavy atom. The van der Waals surface area contributed by atoms with Crippen LogP contribution in [0.4, 0.5) is 0 Å². The van der Waals surface area contributed by atoms with E-state index in [0.717, 1.165) is 6.42 Å². The predicted molar refractivity (Wildman–Crippen MR) is 54.0 cm³/mol. The molecule has 0 heterocycles. The smallest absolute Gasteiger partial charge is 0.00367 e. The van der Waals surface area contributed by atoms with Gasteiger partial charge >= 0.3 is 0 Å². The van der Waals surface area contributed by atoms with Crippen molar-refractivity contribution in [3.63, 3.8) is 0 Å². The normalized spacial score (nSPS) is 9.83. The molecule has 0 saturated carbocycles. The van der Waals surface area contributed by atoms with Crippen LogP contribution in [0, 0.1) is 6.92 Å². The van der Waals surface area contributed by atoms with Crippen molar-refractivity contribution in [2.24, 2.45) is 5.73 Å². The fourth-order valence-corrected chi connectivity index (χ4v) is 1.32. The van der Waals surface area contributed by atoms with Crippen molar-refractivity contribution in [2.75, 3.05) is 6.54 Å². The number of rotatable bonds is 3. The average Bonchev–Trinajstić information content (AvgIpc) is 2.04. The molecule has 0 amide bonds. The zero-order valence-electron chi connectivity index (χ0n) is 7.51. The number of aryl methyl sites for hydroxylation is 1. The predicted octanol–water partition coefficient (Wildman–Crippen LogP) is 2.14. The first-order valence-electron chi connectivity index (χ1n) is 4.19. The average molecular weight is 161 g/mol. The highest BCUT2D eigenvalue weighted by molar-refractivity contribution is 5.49. The Hall–Kier alpha value is -1.08. The first-order chi connectivity index (χ1) is 5.76. The van der Waals surface area contributed by atoms with Crippen molar-refractivity contribution in [1.82, 2.24) is 0 Å². The van der Waals surface area contributed by atoms with Gasteiger partial charge in [-0.3, -0.25) is 0 Å². The molecule has 1 rings (SSSR count). The molecule has 0 aliphatic heterocycles. The SMILES string of the molecule is C=Cc1cc(C)cc(CCN)c1. The van der Waals surface area contributed by atoms with E-state index in [1.54, 1.807) is 0 Å². The van der Waals surface area contributed by atoms with Crippen LogP contribution in [0.2, 0.25) is 0 Å². The van der Waals surface area contributed by atoms with Crippen molar-refractivity contribution in [3.8, 4) is 0 Å². The molecular formula is C11H15N. The van der Waals surface area contributed by atoms with E-state index in [2.05, 4.69) is 31.7 Å². The second kappa shape index (κ2) is 4.07. The zero-order valence-corrected chi connectivity index (χ0v) is 7.51. The molecule has 0 aliphatic rings. The third kappa shape index (κ3) is 2.21. The fourth-order valence-electron chi connectivity index (χ4n) is 1.32. The van der Waals surface area contributed by atoms with E-state index < -0.39 is 0 Å². The summed E-state index contributed by atoms with van der Waals surface area (Å²) in [7, 11) is 0. The molecule has 64 valence electrons. The lowest BCUT2D eigenvalue weighted by molar-refractivity contribution is 0.966. The second-order valence-electron chi connectivity index (χ2n) is 2.99. The van der Waals surface area contributed by atoms with Crippen molar-refractivity contribution >= 4 is 6.08 Å². The maximum atomic E-state index is 5.48. The zero-order chi connectivity index (χ0) is 8.97. The molecule has 1 heteroatoms. The van der Waals surface area contributed by atoms with Crippen molar-refractivity contribution in [1.29, 1.82) is 0 Å². The minimum absolute atomic E-state index is 0.708. The first-order valence-corrected chi connectivity index (χ1v) is 4.19. The van der Waals surface area contributed by atoms with Crippen LogP contribution in [0.5, 0.6) is 0 Å². The fraction of sp³-hybridized carbons (Fsp3) is 0.273. The molecule has 2 N–H and O–H groups in total. The molecule has 12 heavy (non-hydrogen) atoms. The van der Waals surface area contributed by atoms with Crippen molar-refractivity contribution in [3.05, 3.63) is 41.5 Å². The lowest BCUT2D eigenvalue weighted by Gasteiger charge is -2.02. The highest BCUT2D eigenvalue weighted by atomic mass is 14.5. The van der Waals surface area contributed by atoms with E-state index >= 15 is 0 Å². The van der Waals surface area contributed by atoms with E-state index in [9.17, 15) is 0 Å². The van der Waals surface area contributed by atoms with Crippen LogP contribution in [-0.2, 0) is 6.42 Å². The highest BCUT2D eigenvalue weighted by Crippen LogP contribution is 2.10. The Morgan fingerprint density at radius 3 is 2.75 bits per heavy atom. The van der Waals surface area contributed by atoms with Gasteiger partial charge in [-0.1, -0.05) is 36.4 Å². The molecule has 0 aliphatic carbocycles. The third-order valence-electron chi connectivity index (χ3n) is 1.83. The van der Waals surface area contributed by atoms with Crippen LogP contribution in [0.3, 0.4) is 0 Å². The van der Waals surface area contributed by atoms with Crippen molar-refractivity contribution < 1.29 is 0 Å². The number of nitrogens with two attached hydrogens (primary N) is 1. The van der Waals surface area contributed by atoms with E-state index in [1.165, 1.54) is 16.7 Å². The number of hydrogen-bond donors (Lipinski definition) is 1. The van der Waals surface area contributed by atoms with Gasteiger partial charge in [0.1, 0.15) is 0 Å². The van der Waals surface area contributed by atoms with Gasteiger partial charge in [0, 0.05) is 0 Å². The van der Waals surface area contributed by atoms with Gasteiger partial charge in [-0.05, 0) is 31.0 Å². The first kappa shape index (κ1) is 9.01. The molecule has 0 aromatic heterocycles. The molecule has 0 radical (unpaired) electrons. The molecule has 0 bridgehead atoms. The lowest BCUT2D eigenvalue weighted by atomic mass is 10.0. The van der Waals surface area contributed by atoms with Crippen LogP contribution in [0.1, 0.15) is 16.7 Å². The molecule has 1 aromatic carbocycles. The summed E-state index contributed by atoms with van der Waals surface area (Å²) < 4.78 is 0.